The molecule has 3 heteroatoms. The molecule has 10 aromatic rings. The van der Waals surface area contributed by atoms with Gasteiger partial charge >= 0.3 is 0 Å². The van der Waals surface area contributed by atoms with Crippen molar-refractivity contribution in [1.82, 2.24) is 4.57 Å². The SMILES string of the molecule is c1ccc(-c2ccc(-n3c4ccccc4c4ccc5c6ccccc6oc5c43)cc2-c2cccc3c2oc2ccccc23)cc1. The summed E-state index contributed by atoms with van der Waals surface area (Å²) in [4.78, 5) is 0. The molecule has 7 aromatic carbocycles. The highest BCUT2D eigenvalue weighted by atomic mass is 16.3. The standard InChI is InChI=1S/C42H25NO2/c1-2-11-26(12-3-1)28-22-21-27(25-36(28)34-17-10-16-33-30-14-5-8-19-38(30)44-41(33)34)43-37-18-7-4-13-29(37)32-23-24-35-31-15-6-9-20-39(31)45-42(35)40(32)43/h1-25H. The first kappa shape index (κ1) is 24.4. The van der Waals surface area contributed by atoms with Crippen LogP contribution in [0, 0.1) is 0 Å². The highest BCUT2D eigenvalue weighted by molar-refractivity contribution is 6.21. The van der Waals surface area contributed by atoms with E-state index >= 15 is 0 Å². The molecular formula is C42H25NO2. The van der Waals surface area contributed by atoms with Gasteiger partial charge in [0.05, 0.1) is 11.0 Å². The first-order chi connectivity index (χ1) is 22.3. The van der Waals surface area contributed by atoms with E-state index in [1.807, 2.05) is 18.2 Å². The van der Waals surface area contributed by atoms with Gasteiger partial charge in [0.2, 0.25) is 0 Å². The summed E-state index contributed by atoms with van der Waals surface area (Å²) < 4.78 is 15.6. The van der Waals surface area contributed by atoms with Gasteiger partial charge in [-0.3, -0.25) is 0 Å². The van der Waals surface area contributed by atoms with Gasteiger partial charge < -0.3 is 13.4 Å². The molecule has 45 heavy (non-hydrogen) atoms. The summed E-state index contributed by atoms with van der Waals surface area (Å²) in [5, 5.41) is 6.86. The van der Waals surface area contributed by atoms with E-state index in [9.17, 15) is 0 Å². The van der Waals surface area contributed by atoms with Crippen LogP contribution in [0.15, 0.2) is 160 Å². The summed E-state index contributed by atoms with van der Waals surface area (Å²) in [6.45, 7) is 0. The summed E-state index contributed by atoms with van der Waals surface area (Å²) in [6.07, 6.45) is 0. The second kappa shape index (κ2) is 9.22. The van der Waals surface area contributed by atoms with E-state index in [1.54, 1.807) is 0 Å². The zero-order chi connectivity index (χ0) is 29.5. The van der Waals surface area contributed by atoms with Gasteiger partial charge in [-0.05, 0) is 53.1 Å². The molecule has 3 aromatic heterocycles. The minimum atomic E-state index is 0.895. The van der Waals surface area contributed by atoms with Crippen molar-refractivity contribution in [1.29, 1.82) is 0 Å². The molecule has 0 aliphatic carbocycles. The fourth-order valence-electron chi connectivity index (χ4n) is 7.22. The Hall–Kier alpha value is -6.06. The van der Waals surface area contributed by atoms with E-state index < -0.39 is 0 Å². The molecule has 210 valence electrons. The zero-order valence-electron chi connectivity index (χ0n) is 24.2. The van der Waals surface area contributed by atoms with Gasteiger partial charge in [0, 0.05) is 43.6 Å². The maximum atomic E-state index is 6.62. The van der Waals surface area contributed by atoms with E-state index in [4.69, 9.17) is 8.83 Å². The predicted octanol–water partition coefficient (Wildman–Crippen LogP) is 11.9. The van der Waals surface area contributed by atoms with Crippen molar-refractivity contribution in [3.05, 3.63) is 152 Å². The van der Waals surface area contributed by atoms with Crippen molar-refractivity contribution in [3.8, 4) is 27.9 Å². The van der Waals surface area contributed by atoms with Crippen molar-refractivity contribution in [2.24, 2.45) is 0 Å². The van der Waals surface area contributed by atoms with Crippen LogP contribution in [0.5, 0.6) is 0 Å². The van der Waals surface area contributed by atoms with Crippen LogP contribution in [0.25, 0.3) is 93.6 Å². The van der Waals surface area contributed by atoms with Crippen LogP contribution < -0.4 is 0 Å². The second-order valence-electron chi connectivity index (χ2n) is 11.7. The number of para-hydroxylation sites is 4. The van der Waals surface area contributed by atoms with E-state index in [1.165, 1.54) is 10.8 Å². The molecule has 0 amide bonds. The Morgan fingerprint density at radius 2 is 1.00 bits per heavy atom. The van der Waals surface area contributed by atoms with Crippen LogP contribution in [0.4, 0.5) is 0 Å². The highest BCUT2D eigenvalue weighted by Crippen LogP contribution is 2.44. The van der Waals surface area contributed by atoms with Crippen molar-refractivity contribution >= 4 is 65.7 Å². The molecule has 0 saturated heterocycles. The largest absolute Gasteiger partial charge is 0.455 e. The molecule has 10 rings (SSSR count). The third-order valence-corrected chi connectivity index (χ3v) is 9.22. The van der Waals surface area contributed by atoms with Gasteiger partial charge in [-0.25, -0.2) is 0 Å². The third-order valence-electron chi connectivity index (χ3n) is 9.22. The van der Waals surface area contributed by atoms with Gasteiger partial charge in [-0.1, -0.05) is 115 Å². The lowest BCUT2D eigenvalue weighted by Gasteiger charge is -2.15. The van der Waals surface area contributed by atoms with E-state index in [-0.39, 0.29) is 0 Å². The monoisotopic (exact) mass is 575 g/mol. The summed E-state index contributed by atoms with van der Waals surface area (Å²) in [5.74, 6) is 0. The molecule has 0 atom stereocenters. The van der Waals surface area contributed by atoms with Crippen LogP contribution in [0.3, 0.4) is 0 Å². The Bertz CT molecular complexity index is 2760. The van der Waals surface area contributed by atoms with E-state index in [0.29, 0.717) is 0 Å². The lowest BCUT2D eigenvalue weighted by molar-refractivity contribution is 0.670. The molecule has 0 N–H and O–H groups in total. The molecule has 0 unspecified atom stereocenters. The van der Waals surface area contributed by atoms with Gasteiger partial charge in [0.1, 0.15) is 16.7 Å². The maximum Gasteiger partial charge on any atom is 0.160 e. The summed E-state index contributed by atoms with van der Waals surface area (Å²) in [6, 6.07) is 53.5. The molecule has 0 radical (unpaired) electrons. The summed E-state index contributed by atoms with van der Waals surface area (Å²) in [5.41, 5.74) is 11.4. The Labute approximate surface area is 258 Å². The normalized spacial score (nSPS) is 12.0. The zero-order valence-corrected chi connectivity index (χ0v) is 24.2. The average molecular weight is 576 g/mol. The van der Waals surface area contributed by atoms with Gasteiger partial charge in [0.25, 0.3) is 0 Å². The number of nitrogens with zero attached hydrogens (tertiary/aromatic N) is 1. The van der Waals surface area contributed by atoms with Gasteiger partial charge in [-0.2, -0.15) is 0 Å². The fraction of sp³-hybridized carbons (Fsp3) is 0. The topological polar surface area (TPSA) is 31.2 Å². The minimum Gasteiger partial charge on any atom is -0.455 e. The lowest BCUT2D eigenvalue weighted by Crippen LogP contribution is -1.96. The third kappa shape index (κ3) is 3.46. The van der Waals surface area contributed by atoms with Crippen molar-refractivity contribution in [2.75, 3.05) is 0 Å². The first-order valence-electron chi connectivity index (χ1n) is 15.3. The Morgan fingerprint density at radius 3 is 1.80 bits per heavy atom. The van der Waals surface area contributed by atoms with Crippen molar-refractivity contribution < 1.29 is 8.83 Å². The van der Waals surface area contributed by atoms with Crippen LogP contribution >= 0.6 is 0 Å². The van der Waals surface area contributed by atoms with Gasteiger partial charge in [-0.15, -0.1) is 0 Å². The fourth-order valence-corrected chi connectivity index (χ4v) is 7.22. The number of furan rings is 2. The first-order valence-corrected chi connectivity index (χ1v) is 15.3. The molecule has 0 saturated carbocycles. The highest BCUT2D eigenvalue weighted by Gasteiger charge is 2.21. The Kier molecular flexibility index (Phi) is 5.00. The number of aromatic nitrogens is 1. The van der Waals surface area contributed by atoms with Crippen LogP contribution in [-0.4, -0.2) is 4.57 Å². The van der Waals surface area contributed by atoms with Crippen molar-refractivity contribution in [3.63, 3.8) is 0 Å². The van der Waals surface area contributed by atoms with Crippen LogP contribution in [-0.2, 0) is 0 Å². The lowest BCUT2D eigenvalue weighted by atomic mass is 9.93. The Balaban J connectivity index is 1.33. The minimum absolute atomic E-state index is 0.895. The number of fused-ring (bicyclic) bond motifs is 10. The van der Waals surface area contributed by atoms with E-state index in [2.05, 4.69) is 138 Å². The summed E-state index contributed by atoms with van der Waals surface area (Å²) >= 11 is 0. The smallest absolute Gasteiger partial charge is 0.160 e. The molecule has 0 fully saturated rings. The number of benzene rings is 7. The number of rotatable bonds is 3. The van der Waals surface area contributed by atoms with Crippen LogP contribution in [0.2, 0.25) is 0 Å². The molecule has 0 aliphatic rings. The summed E-state index contributed by atoms with van der Waals surface area (Å²) in [7, 11) is 0. The van der Waals surface area contributed by atoms with Crippen molar-refractivity contribution in [2.45, 2.75) is 0 Å². The molecule has 3 nitrogen and oxygen atoms in total. The van der Waals surface area contributed by atoms with Gasteiger partial charge in [0.15, 0.2) is 5.58 Å². The maximum absolute atomic E-state index is 6.62. The molecule has 3 heterocycles. The Morgan fingerprint density at radius 1 is 0.378 bits per heavy atom. The second-order valence-corrected chi connectivity index (χ2v) is 11.7. The molecule has 0 bridgehead atoms. The average Bonchev–Trinajstić information content (AvgIpc) is 3.78. The van der Waals surface area contributed by atoms with Crippen LogP contribution in [0.1, 0.15) is 0 Å². The number of hydrogen-bond donors (Lipinski definition) is 0. The molecular weight excluding hydrogens is 550 g/mol. The molecule has 0 spiro atoms. The predicted molar refractivity (Wildman–Crippen MR) is 186 cm³/mol. The quantitative estimate of drug-likeness (QED) is 0.210. The van der Waals surface area contributed by atoms with E-state index in [0.717, 1.165) is 82.9 Å². The number of hydrogen-bond acceptors (Lipinski definition) is 2. The molecule has 0 aliphatic heterocycles.